The van der Waals surface area contributed by atoms with Crippen LogP contribution in [0.25, 0.3) is 0 Å². The van der Waals surface area contributed by atoms with Crippen molar-refractivity contribution in [1.82, 2.24) is 10.2 Å². The Hall–Kier alpha value is -1.51. The number of urea groups is 1. The molecule has 2 amide bonds. The number of nitrogens with one attached hydrogen (secondary N) is 1. The van der Waals surface area contributed by atoms with Crippen LogP contribution in [0.5, 0.6) is 0 Å². The Morgan fingerprint density at radius 3 is 2.47 bits per heavy atom. The standard InChI is InChI=1S/C16H24N2O/c1-13(2)12-17-16(19)18-10-8-15(9-11-18)14-6-4-3-5-7-14/h3-7,13,15H,8-12H2,1-2H3,(H,17,19). The fourth-order valence-electron chi connectivity index (χ4n) is 2.54. The number of piperidine rings is 1. The highest BCUT2D eigenvalue weighted by atomic mass is 16.2. The molecule has 0 radical (unpaired) electrons. The molecule has 0 bridgehead atoms. The van der Waals surface area contributed by atoms with E-state index in [0.717, 1.165) is 32.5 Å². The second kappa shape index (κ2) is 6.60. The van der Waals surface area contributed by atoms with Crippen molar-refractivity contribution in [3.05, 3.63) is 35.9 Å². The second-order valence-electron chi connectivity index (χ2n) is 5.75. The van der Waals surface area contributed by atoms with Gasteiger partial charge in [-0.3, -0.25) is 0 Å². The van der Waals surface area contributed by atoms with Gasteiger partial charge in [0.1, 0.15) is 0 Å². The van der Waals surface area contributed by atoms with Gasteiger partial charge < -0.3 is 10.2 Å². The average Bonchev–Trinajstić information content (AvgIpc) is 2.46. The van der Waals surface area contributed by atoms with Crippen LogP contribution in [0.1, 0.15) is 38.2 Å². The SMILES string of the molecule is CC(C)CNC(=O)N1CCC(c2ccccc2)CC1. The van der Waals surface area contributed by atoms with Crippen molar-refractivity contribution in [3.8, 4) is 0 Å². The van der Waals surface area contributed by atoms with E-state index >= 15 is 0 Å². The predicted octanol–water partition coefficient (Wildman–Crippen LogP) is 3.23. The number of nitrogens with zero attached hydrogens (tertiary/aromatic N) is 1. The van der Waals surface area contributed by atoms with Gasteiger partial charge in [-0.15, -0.1) is 0 Å². The Morgan fingerprint density at radius 1 is 1.26 bits per heavy atom. The summed E-state index contributed by atoms with van der Waals surface area (Å²) in [6, 6.07) is 10.7. The lowest BCUT2D eigenvalue weighted by Crippen LogP contribution is -2.45. The van der Waals surface area contributed by atoms with E-state index in [1.165, 1.54) is 5.56 Å². The maximum absolute atomic E-state index is 12.0. The monoisotopic (exact) mass is 260 g/mol. The average molecular weight is 260 g/mol. The van der Waals surface area contributed by atoms with Crippen molar-refractivity contribution >= 4 is 6.03 Å². The number of hydrogen-bond acceptors (Lipinski definition) is 1. The van der Waals surface area contributed by atoms with Gasteiger partial charge >= 0.3 is 6.03 Å². The third kappa shape index (κ3) is 3.98. The summed E-state index contributed by atoms with van der Waals surface area (Å²) in [7, 11) is 0. The Balaban J connectivity index is 1.81. The van der Waals surface area contributed by atoms with Crippen LogP contribution in [0.3, 0.4) is 0 Å². The molecule has 0 atom stereocenters. The lowest BCUT2D eigenvalue weighted by molar-refractivity contribution is 0.180. The van der Waals surface area contributed by atoms with Gasteiger partial charge in [-0.1, -0.05) is 44.2 Å². The minimum atomic E-state index is 0.0974. The van der Waals surface area contributed by atoms with E-state index in [-0.39, 0.29) is 6.03 Å². The van der Waals surface area contributed by atoms with Gasteiger partial charge in [0.15, 0.2) is 0 Å². The highest BCUT2D eigenvalue weighted by Crippen LogP contribution is 2.27. The van der Waals surface area contributed by atoms with Crippen molar-refractivity contribution in [2.24, 2.45) is 5.92 Å². The number of hydrogen-bond donors (Lipinski definition) is 1. The molecule has 1 N–H and O–H groups in total. The number of carbonyl (C=O) groups is 1. The molecule has 0 aliphatic carbocycles. The molecule has 1 fully saturated rings. The van der Waals surface area contributed by atoms with Gasteiger partial charge in [0.25, 0.3) is 0 Å². The first-order valence-corrected chi connectivity index (χ1v) is 7.24. The summed E-state index contributed by atoms with van der Waals surface area (Å²) in [5.41, 5.74) is 1.41. The second-order valence-corrected chi connectivity index (χ2v) is 5.75. The van der Waals surface area contributed by atoms with Crippen LogP contribution in [0.15, 0.2) is 30.3 Å². The van der Waals surface area contributed by atoms with Gasteiger partial charge in [0.2, 0.25) is 0 Å². The smallest absolute Gasteiger partial charge is 0.317 e. The highest BCUT2D eigenvalue weighted by Gasteiger charge is 2.23. The van der Waals surface area contributed by atoms with E-state index in [9.17, 15) is 4.79 Å². The van der Waals surface area contributed by atoms with E-state index in [2.05, 4.69) is 49.5 Å². The summed E-state index contributed by atoms with van der Waals surface area (Å²) in [5.74, 6) is 1.11. The zero-order valence-corrected chi connectivity index (χ0v) is 11.9. The van der Waals surface area contributed by atoms with E-state index in [4.69, 9.17) is 0 Å². The van der Waals surface area contributed by atoms with E-state index < -0.39 is 0 Å². The third-order valence-electron chi connectivity index (χ3n) is 3.71. The molecule has 1 heterocycles. The molecule has 3 nitrogen and oxygen atoms in total. The Morgan fingerprint density at radius 2 is 1.89 bits per heavy atom. The van der Waals surface area contributed by atoms with Crippen LogP contribution in [-0.2, 0) is 0 Å². The highest BCUT2D eigenvalue weighted by molar-refractivity contribution is 5.74. The first kappa shape index (κ1) is 13.9. The van der Waals surface area contributed by atoms with Gasteiger partial charge in [0, 0.05) is 19.6 Å². The fraction of sp³-hybridized carbons (Fsp3) is 0.562. The van der Waals surface area contributed by atoms with Crippen LogP contribution in [-0.4, -0.2) is 30.6 Å². The molecule has 19 heavy (non-hydrogen) atoms. The van der Waals surface area contributed by atoms with Crippen LogP contribution >= 0.6 is 0 Å². The summed E-state index contributed by atoms with van der Waals surface area (Å²) < 4.78 is 0. The Kier molecular flexibility index (Phi) is 4.83. The molecular weight excluding hydrogens is 236 g/mol. The largest absolute Gasteiger partial charge is 0.338 e. The van der Waals surface area contributed by atoms with Crippen molar-refractivity contribution in [1.29, 1.82) is 0 Å². The van der Waals surface area contributed by atoms with Crippen molar-refractivity contribution in [3.63, 3.8) is 0 Å². The summed E-state index contributed by atoms with van der Waals surface area (Å²) in [4.78, 5) is 13.9. The minimum absolute atomic E-state index is 0.0974. The zero-order valence-electron chi connectivity index (χ0n) is 11.9. The Bertz CT molecular complexity index is 394. The third-order valence-corrected chi connectivity index (χ3v) is 3.71. The van der Waals surface area contributed by atoms with Crippen molar-refractivity contribution in [2.75, 3.05) is 19.6 Å². The number of likely N-dealkylation sites (tertiary alicyclic amines) is 1. The molecule has 0 aromatic heterocycles. The van der Waals surface area contributed by atoms with Gasteiger partial charge in [0.05, 0.1) is 0 Å². The van der Waals surface area contributed by atoms with Crippen LogP contribution < -0.4 is 5.32 Å². The maximum Gasteiger partial charge on any atom is 0.317 e. The van der Waals surface area contributed by atoms with Crippen LogP contribution in [0, 0.1) is 5.92 Å². The molecule has 1 saturated heterocycles. The summed E-state index contributed by atoms with van der Waals surface area (Å²) in [5, 5.41) is 2.99. The molecular formula is C16H24N2O. The molecule has 2 rings (SSSR count). The number of benzene rings is 1. The van der Waals surface area contributed by atoms with Gasteiger partial charge in [-0.25, -0.2) is 4.79 Å². The minimum Gasteiger partial charge on any atom is -0.338 e. The summed E-state index contributed by atoms with van der Waals surface area (Å²) in [6.45, 7) is 6.72. The topological polar surface area (TPSA) is 32.3 Å². The molecule has 1 aliphatic rings. The van der Waals surface area contributed by atoms with Crippen LogP contribution in [0.2, 0.25) is 0 Å². The molecule has 104 valence electrons. The lowest BCUT2D eigenvalue weighted by Gasteiger charge is -2.32. The van der Waals surface area contributed by atoms with Crippen molar-refractivity contribution < 1.29 is 4.79 Å². The lowest BCUT2D eigenvalue weighted by atomic mass is 9.90. The number of rotatable bonds is 3. The first-order chi connectivity index (χ1) is 9.16. The van der Waals surface area contributed by atoms with Gasteiger partial charge in [-0.2, -0.15) is 0 Å². The summed E-state index contributed by atoms with van der Waals surface area (Å²) >= 11 is 0. The van der Waals surface area contributed by atoms with Gasteiger partial charge in [-0.05, 0) is 30.2 Å². The quantitative estimate of drug-likeness (QED) is 0.889. The molecule has 0 spiro atoms. The number of amides is 2. The normalized spacial score (nSPS) is 16.7. The summed E-state index contributed by atoms with van der Waals surface area (Å²) in [6.07, 6.45) is 2.14. The maximum atomic E-state index is 12.0. The molecule has 1 aromatic rings. The molecule has 1 aliphatic heterocycles. The number of carbonyl (C=O) groups excluding carboxylic acids is 1. The van der Waals surface area contributed by atoms with Crippen molar-refractivity contribution in [2.45, 2.75) is 32.6 Å². The van der Waals surface area contributed by atoms with E-state index in [1.54, 1.807) is 0 Å². The fourth-order valence-corrected chi connectivity index (χ4v) is 2.54. The molecule has 0 saturated carbocycles. The zero-order chi connectivity index (χ0) is 13.7. The molecule has 3 heteroatoms. The van der Waals surface area contributed by atoms with E-state index in [1.807, 2.05) is 4.90 Å². The van der Waals surface area contributed by atoms with Crippen LogP contribution in [0.4, 0.5) is 4.79 Å². The predicted molar refractivity (Wildman–Crippen MR) is 78.2 cm³/mol. The first-order valence-electron chi connectivity index (χ1n) is 7.24. The Labute approximate surface area is 116 Å². The molecule has 0 unspecified atom stereocenters. The molecule has 1 aromatic carbocycles. The van der Waals surface area contributed by atoms with E-state index in [0.29, 0.717) is 11.8 Å².